The van der Waals surface area contributed by atoms with Crippen LogP contribution in [0.2, 0.25) is 0 Å². The number of para-hydroxylation sites is 1. The van der Waals surface area contributed by atoms with Gasteiger partial charge < -0.3 is 15.2 Å². The van der Waals surface area contributed by atoms with Crippen LogP contribution in [-0.4, -0.2) is 37.0 Å². The molecule has 4 nitrogen and oxygen atoms in total. The minimum Gasteiger partial charge on any atom is -0.493 e. The highest BCUT2D eigenvalue weighted by molar-refractivity contribution is 7.99. The summed E-state index contributed by atoms with van der Waals surface area (Å²) in [6.07, 6.45) is 2.50. The summed E-state index contributed by atoms with van der Waals surface area (Å²) in [6, 6.07) is 5.42. The monoisotopic (exact) mass is 295 g/mol. The Labute approximate surface area is 124 Å². The number of nitrogens with two attached hydrogens (primary N) is 1. The predicted octanol–water partition coefficient (Wildman–Crippen LogP) is 2.50. The molecular formula is C15H21NO3S. The number of hydrogen-bond acceptors (Lipinski definition) is 5. The first-order valence-electron chi connectivity index (χ1n) is 6.91. The number of thioether (sulfide) groups is 1. The van der Waals surface area contributed by atoms with Crippen LogP contribution in [0.5, 0.6) is 11.5 Å². The number of Topliss-reactive ketones (excluding diaryl/α,β-unsaturated/α-hetero) is 1. The first kappa shape index (κ1) is 15.2. The highest BCUT2D eigenvalue weighted by Gasteiger charge is 2.22. The maximum atomic E-state index is 12.2. The lowest BCUT2D eigenvalue weighted by Crippen LogP contribution is -2.23. The summed E-state index contributed by atoms with van der Waals surface area (Å²) in [5.41, 5.74) is 6.05. The minimum absolute atomic E-state index is 0.00610. The number of methoxy groups -OCH3 is 1. The molecule has 20 heavy (non-hydrogen) atoms. The summed E-state index contributed by atoms with van der Waals surface area (Å²) < 4.78 is 11.4. The first-order valence-corrected chi connectivity index (χ1v) is 8.06. The fraction of sp³-hybridized carbons (Fsp3) is 0.533. The lowest BCUT2D eigenvalue weighted by atomic mass is 10.1. The van der Waals surface area contributed by atoms with Crippen molar-refractivity contribution in [3.8, 4) is 11.5 Å². The van der Waals surface area contributed by atoms with Crippen molar-refractivity contribution in [2.75, 3.05) is 25.2 Å². The fourth-order valence-corrected chi connectivity index (χ4v) is 3.31. The van der Waals surface area contributed by atoms with Crippen LogP contribution in [0.4, 0.5) is 0 Å². The van der Waals surface area contributed by atoms with Gasteiger partial charge in [0.05, 0.1) is 12.7 Å². The van der Waals surface area contributed by atoms with Gasteiger partial charge in [0.15, 0.2) is 17.3 Å². The molecule has 2 N–H and O–H groups in total. The van der Waals surface area contributed by atoms with E-state index in [0.717, 1.165) is 24.3 Å². The lowest BCUT2D eigenvalue weighted by molar-refractivity contribution is 0.0975. The molecule has 1 saturated heterocycles. The Morgan fingerprint density at radius 1 is 1.40 bits per heavy atom. The second kappa shape index (κ2) is 7.55. The molecule has 0 saturated carbocycles. The maximum Gasteiger partial charge on any atom is 0.172 e. The second-order valence-corrected chi connectivity index (χ2v) is 5.95. The van der Waals surface area contributed by atoms with Crippen molar-refractivity contribution in [3.05, 3.63) is 23.8 Å². The molecule has 1 aliphatic heterocycles. The van der Waals surface area contributed by atoms with Crippen molar-refractivity contribution in [1.82, 2.24) is 0 Å². The minimum atomic E-state index is 0.00610. The van der Waals surface area contributed by atoms with E-state index in [1.54, 1.807) is 13.2 Å². The van der Waals surface area contributed by atoms with Gasteiger partial charge in [0.2, 0.25) is 0 Å². The Hall–Kier alpha value is -1.20. The van der Waals surface area contributed by atoms with Crippen LogP contribution >= 0.6 is 11.8 Å². The Morgan fingerprint density at radius 3 is 2.80 bits per heavy atom. The van der Waals surface area contributed by atoms with Gasteiger partial charge in [-0.25, -0.2) is 0 Å². The lowest BCUT2D eigenvalue weighted by Gasteiger charge is -2.25. The van der Waals surface area contributed by atoms with Gasteiger partial charge in [-0.2, -0.15) is 11.8 Å². The van der Waals surface area contributed by atoms with Crippen molar-refractivity contribution in [1.29, 1.82) is 0 Å². The van der Waals surface area contributed by atoms with Crippen molar-refractivity contribution < 1.29 is 14.3 Å². The van der Waals surface area contributed by atoms with E-state index >= 15 is 0 Å². The van der Waals surface area contributed by atoms with Gasteiger partial charge in [-0.15, -0.1) is 0 Å². The third-order valence-electron chi connectivity index (χ3n) is 3.32. The van der Waals surface area contributed by atoms with Gasteiger partial charge in [-0.05, 0) is 43.0 Å². The van der Waals surface area contributed by atoms with Crippen LogP contribution in [0.25, 0.3) is 0 Å². The van der Waals surface area contributed by atoms with E-state index in [1.807, 2.05) is 23.9 Å². The van der Waals surface area contributed by atoms with Gasteiger partial charge >= 0.3 is 0 Å². The summed E-state index contributed by atoms with van der Waals surface area (Å²) >= 11 is 1.94. The molecule has 1 aliphatic rings. The van der Waals surface area contributed by atoms with E-state index in [4.69, 9.17) is 15.2 Å². The van der Waals surface area contributed by atoms with Crippen LogP contribution in [0.3, 0.4) is 0 Å². The zero-order valence-corrected chi connectivity index (χ0v) is 12.6. The molecule has 110 valence electrons. The number of carbonyl (C=O) groups is 1. The molecule has 0 spiro atoms. The molecule has 0 aliphatic carbocycles. The summed E-state index contributed by atoms with van der Waals surface area (Å²) in [5, 5.41) is 0. The molecule has 5 heteroatoms. The predicted molar refractivity (Wildman–Crippen MR) is 82.0 cm³/mol. The number of carbonyl (C=O) groups excluding carboxylic acids is 1. The molecule has 0 amide bonds. The van der Waals surface area contributed by atoms with Crippen molar-refractivity contribution in [2.24, 2.45) is 5.73 Å². The number of ketones is 1. The molecule has 1 fully saturated rings. The number of rotatable bonds is 6. The second-order valence-electron chi connectivity index (χ2n) is 4.73. The molecule has 0 bridgehead atoms. The smallest absolute Gasteiger partial charge is 0.172 e. The molecule has 1 aromatic rings. The average molecular weight is 295 g/mol. The largest absolute Gasteiger partial charge is 0.493 e. The van der Waals surface area contributed by atoms with Crippen LogP contribution in [-0.2, 0) is 0 Å². The van der Waals surface area contributed by atoms with Gasteiger partial charge in [-0.1, -0.05) is 6.07 Å². The van der Waals surface area contributed by atoms with Crippen LogP contribution < -0.4 is 15.2 Å². The van der Waals surface area contributed by atoms with E-state index in [9.17, 15) is 4.79 Å². The summed E-state index contributed by atoms with van der Waals surface area (Å²) in [6.45, 7) is 0.343. The zero-order chi connectivity index (χ0) is 14.4. The quantitative estimate of drug-likeness (QED) is 0.817. The maximum absolute atomic E-state index is 12.2. The molecular weight excluding hydrogens is 274 g/mol. The van der Waals surface area contributed by atoms with Gasteiger partial charge in [0.25, 0.3) is 0 Å². The molecule has 0 atom stereocenters. The van der Waals surface area contributed by atoms with Crippen molar-refractivity contribution >= 4 is 17.5 Å². The van der Waals surface area contributed by atoms with Gasteiger partial charge in [-0.3, -0.25) is 4.79 Å². The van der Waals surface area contributed by atoms with Crippen LogP contribution in [0, 0.1) is 0 Å². The number of benzene rings is 1. The van der Waals surface area contributed by atoms with Gasteiger partial charge in [0.1, 0.15) is 6.10 Å². The highest BCUT2D eigenvalue weighted by atomic mass is 32.2. The molecule has 0 radical (unpaired) electrons. The Bertz CT molecular complexity index is 458. The SMILES string of the molecule is COc1cccc(C(=O)CCN)c1OC1CCSCC1. The third kappa shape index (κ3) is 3.67. The van der Waals surface area contributed by atoms with E-state index < -0.39 is 0 Å². The van der Waals surface area contributed by atoms with Crippen LogP contribution in [0.15, 0.2) is 18.2 Å². The summed E-state index contributed by atoms with van der Waals surface area (Å²) in [5.74, 6) is 3.40. The topological polar surface area (TPSA) is 61.5 Å². The zero-order valence-electron chi connectivity index (χ0n) is 11.8. The first-order chi connectivity index (χ1) is 9.76. The number of ether oxygens (including phenoxy) is 2. The molecule has 2 rings (SSSR count). The number of hydrogen-bond donors (Lipinski definition) is 1. The molecule has 1 aromatic carbocycles. The summed E-state index contributed by atoms with van der Waals surface area (Å²) in [4.78, 5) is 12.2. The normalized spacial score (nSPS) is 15.9. The molecule has 0 aromatic heterocycles. The Balaban J connectivity index is 2.24. The summed E-state index contributed by atoms with van der Waals surface area (Å²) in [7, 11) is 1.59. The standard InChI is InChI=1S/C15H21NO3S/c1-18-14-4-2-3-12(13(17)5-8-16)15(14)19-11-6-9-20-10-7-11/h2-4,11H,5-10,16H2,1H3. The average Bonchev–Trinajstić information content (AvgIpc) is 2.48. The van der Waals surface area contributed by atoms with E-state index in [2.05, 4.69) is 0 Å². The van der Waals surface area contributed by atoms with Crippen molar-refractivity contribution in [3.63, 3.8) is 0 Å². The molecule has 0 unspecified atom stereocenters. The van der Waals surface area contributed by atoms with E-state index in [1.165, 1.54) is 0 Å². The van der Waals surface area contributed by atoms with Gasteiger partial charge in [0, 0.05) is 6.42 Å². The molecule has 1 heterocycles. The van der Waals surface area contributed by atoms with Crippen molar-refractivity contribution in [2.45, 2.75) is 25.4 Å². The third-order valence-corrected chi connectivity index (χ3v) is 4.37. The van der Waals surface area contributed by atoms with Crippen LogP contribution in [0.1, 0.15) is 29.6 Å². The highest BCUT2D eigenvalue weighted by Crippen LogP contribution is 2.34. The fourth-order valence-electron chi connectivity index (χ4n) is 2.24. The Morgan fingerprint density at radius 2 is 2.15 bits per heavy atom. The Kier molecular flexibility index (Phi) is 5.73. The van der Waals surface area contributed by atoms with E-state index in [0.29, 0.717) is 30.0 Å². The van der Waals surface area contributed by atoms with E-state index in [-0.39, 0.29) is 11.9 Å².